The summed E-state index contributed by atoms with van der Waals surface area (Å²) in [4.78, 5) is 45.6. The third-order valence-corrected chi connectivity index (χ3v) is 3.69. The molecule has 26 heavy (non-hydrogen) atoms. The molecule has 1 aromatic heterocycles. The molecule has 0 aliphatic rings. The zero-order chi connectivity index (χ0) is 18.9. The normalized spacial score (nSPS) is 11.4. The Morgan fingerprint density at radius 1 is 1.23 bits per heavy atom. The van der Waals surface area contributed by atoms with Gasteiger partial charge in [-0.05, 0) is 36.8 Å². The molecule has 1 aromatic carbocycles. The molecular formula is C18H19N3O5. The minimum absolute atomic E-state index is 0.0825. The number of carbonyl (C=O) groups excluding carboxylic acids is 4. The first kappa shape index (κ1) is 18.9. The molecule has 0 fully saturated rings. The van der Waals surface area contributed by atoms with Crippen molar-refractivity contribution in [3.8, 4) is 0 Å². The molecule has 0 aliphatic carbocycles. The Kier molecular flexibility index (Phi) is 6.67. The molecule has 0 spiro atoms. The lowest BCUT2D eigenvalue weighted by Gasteiger charge is -2.16. The summed E-state index contributed by atoms with van der Waals surface area (Å²) in [5.41, 5.74) is 6.11. The van der Waals surface area contributed by atoms with E-state index in [0.717, 1.165) is 0 Å². The largest absolute Gasteiger partial charge is 0.467 e. The number of carbonyl (C=O) groups is 4. The van der Waals surface area contributed by atoms with Crippen LogP contribution in [0.4, 0.5) is 5.69 Å². The first-order valence-electron chi connectivity index (χ1n) is 7.94. The van der Waals surface area contributed by atoms with Crippen molar-refractivity contribution in [2.45, 2.75) is 25.4 Å². The molecule has 1 heterocycles. The van der Waals surface area contributed by atoms with E-state index in [2.05, 4.69) is 10.6 Å². The van der Waals surface area contributed by atoms with E-state index in [9.17, 15) is 19.2 Å². The topological polar surface area (TPSA) is 132 Å². The number of nitrogens with two attached hydrogens (primary N) is 1. The van der Waals surface area contributed by atoms with Crippen LogP contribution in [0.3, 0.4) is 0 Å². The van der Waals surface area contributed by atoms with Gasteiger partial charge in [-0.25, -0.2) is 0 Å². The standard InChI is InChI=1S/C18H19N3O5/c19-17(24)16(4-1-7-22)21-18(25)15-9-13(6-5-12(15)11-23)20-10-14-3-2-8-26-14/h2-3,5-9,11,16,20H,1,4,10H2,(H2,19,24)(H,21,25). The van der Waals surface area contributed by atoms with Crippen LogP contribution in [0, 0.1) is 0 Å². The molecule has 1 atom stereocenters. The van der Waals surface area contributed by atoms with Crippen molar-refractivity contribution < 1.29 is 23.6 Å². The highest BCUT2D eigenvalue weighted by molar-refractivity contribution is 6.03. The lowest BCUT2D eigenvalue weighted by molar-refractivity contribution is -0.120. The molecule has 1 unspecified atom stereocenters. The van der Waals surface area contributed by atoms with Crippen molar-refractivity contribution in [3.05, 3.63) is 53.5 Å². The van der Waals surface area contributed by atoms with Crippen LogP contribution >= 0.6 is 0 Å². The summed E-state index contributed by atoms with van der Waals surface area (Å²) < 4.78 is 5.22. The fraction of sp³-hybridized carbons (Fsp3) is 0.222. The van der Waals surface area contributed by atoms with Crippen LogP contribution in [-0.4, -0.2) is 30.4 Å². The van der Waals surface area contributed by atoms with Crippen molar-refractivity contribution in [1.29, 1.82) is 0 Å². The molecule has 0 saturated heterocycles. The number of aldehydes is 2. The molecule has 8 nitrogen and oxygen atoms in total. The summed E-state index contributed by atoms with van der Waals surface area (Å²) in [6.07, 6.45) is 2.92. The monoisotopic (exact) mass is 357 g/mol. The van der Waals surface area contributed by atoms with Crippen LogP contribution < -0.4 is 16.4 Å². The first-order chi connectivity index (χ1) is 12.5. The maximum Gasteiger partial charge on any atom is 0.252 e. The Hall–Kier alpha value is -3.42. The van der Waals surface area contributed by atoms with Gasteiger partial charge in [-0.2, -0.15) is 0 Å². The summed E-state index contributed by atoms with van der Waals surface area (Å²) in [7, 11) is 0. The lowest BCUT2D eigenvalue weighted by Crippen LogP contribution is -2.44. The van der Waals surface area contributed by atoms with Crippen molar-refractivity contribution in [1.82, 2.24) is 5.32 Å². The van der Waals surface area contributed by atoms with Gasteiger partial charge in [0.05, 0.1) is 18.4 Å². The van der Waals surface area contributed by atoms with Gasteiger partial charge < -0.3 is 25.6 Å². The second-order valence-electron chi connectivity index (χ2n) is 5.53. The van der Waals surface area contributed by atoms with E-state index in [1.54, 1.807) is 24.5 Å². The summed E-state index contributed by atoms with van der Waals surface area (Å²) in [6, 6.07) is 7.21. The van der Waals surface area contributed by atoms with Gasteiger partial charge >= 0.3 is 0 Å². The highest BCUT2D eigenvalue weighted by Gasteiger charge is 2.20. The van der Waals surface area contributed by atoms with Crippen LogP contribution in [0.1, 0.15) is 39.3 Å². The third kappa shape index (κ3) is 5.04. The second-order valence-corrected chi connectivity index (χ2v) is 5.53. The molecule has 0 bridgehead atoms. The zero-order valence-electron chi connectivity index (χ0n) is 13.9. The van der Waals surface area contributed by atoms with Crippen molar-refractivity contribution in [2.75, 3.05) is 5.32 Å². The van der Waals surface area contributed by atoms with E-state index in [1.807, 2.05) is 0 Å². The average molecular weight is 357 g/mol. The van der Waals surface area contributed by atoms with Gasteiger partial charge in [0.2, 0.25) is 5.91 Å². The zero-order valence-corrected chi connectivity index (χ0v) is 13.9. The van der Waals surface area contributed by atoms with Crippen molar-refractivity contribution in [2.24, 2.45) is 5.73 Å². The quantitative estimate of drug-likeness (QED) is 0.549. The maximum atomic E-state index is 12.5. The van der Waals surface area contributed by atoms with Crippen molar-refractivity contribution >= 4 is 30.1 Å². The summed E-state index contributed by atoms with van der Waals surface area (Å²) in [5.74, 6) is -0.665. The number of nitrogens with one attached hydrogen (secondary N) is 2. The lowest BCUT2D eigenvalue weighted by atomic mass is 10.0. The highest BCUT2D eigenvalue weighted by atomic mass is 16.3. The third-order valence-electron chi connectivity index (χ3n) is 3.69. The van der Waals surface area contributed by atoms with Gasteiger partial charge in [0.1, 0.15) is 18.1 Å². The van der Waals surface area contributed by atoms with E-state index >= 15 is 0 Å². The van der Waals surface area contributed by atoms with Gasteiger partial charge in [0.15, 0.2) is 6.29 Å². The molecule has 2 aromatic rings. The minimum atomic E-state index is -0.994. The molecule has 4 N–H and O–H groups in total. The number of primary amides is 1. The van der Waals surface area contributed by atoms with Crippen LogP contribution in [0.5, 0.6) is 0 Å². The van der Waals surface area contributed by atoms with Crippen molar-refractivity contribution in [3.63, 3.8) is 0 Å². The van der Waals surface area contributed by atoms with Gasteiger partial charge in [0, 0.05) is 17.7 Å². The maximum absolute atomic E-state index is 12.5. The highest BCUT2D eigenvalue weighted by Crippen LogP contribution is 2.16. The molecule has 136 valence electrons. The second kappa shape index (κ2) is 9.16. The predicted octanol–water partition coefficient (Wildman–Crippen LogP) is 1.27. The number of rotatable bonds is 10. The van der Waals surface area contributed by atoms with E-state index < -0.39 is 17.9 Å². The van der Waals surface area contributed by atoms with Crippen LogP contribution in [-0.2, 0) is 16.1 Å². The fourth-order valence-electron chi connectivity index (χ4n) is 2.32. The summed E-state index contributed by atoms with van der Waals surface area (Å²) >= 11 is 0. The molecule has 8 heteroatoms. The number of amides is 2. The number of hydrogen-bond acceptors (Lipinski definition) is 6. The number of benzene rings is 1. The van der Waals surface area contributed by atoms with Gasteiger partial charge in [-0.3, -0.25) is 14.4 Å². The van der Waals surface area contributed by atoms with Gasteiger partial charge in [-0.15, -0.1) is 0 Å². The number of furan rings is 1. The molecule has 0 radical (unpaired) electrons. The average Bonchev–Trinajstić information content (AvgIpc) is 3.16. The fourth-order valence-corrected chi connectivity index (χ4v) is 2.32. The van der Waals surface area contributed by atoms with Crippen LogP contribution in [0.25, 0.3) is 0 Å². The van der Waals surface area contributed by atoms with E-state index in [0.29, 0.717) is 30.6 Å². The summed E-state index contributed by atoms with van der Waals surface area (Å²) in [5, 5.41) is 5.54. The molecule has 0 saturated carbocycles. The Morgan fingerprint density at radius 3 is 2.65 bits per heavy atom. The van der Waals surface area contributed by atoms with E-state index in [4.69, 9.17) is 10.2 Å². The smallest absolute Gasteiger partial charge is 0.252 e. The Bertz CT molecular complexity index is 786. The number of anilines is 1. The summed E-state index contributed by atoms with van der Waals surface area (Å²) in [6.45, 7) is 0.401. The molecular weight excluding hydrogens is 338 g/mol. The predicted molar refractivity (Wildman–Crippen MR) is 93.6 cm³/mol. The van der Waals surface area contributed by atoms with Gasteiger partial charge in [-0.1, -0.05) is 0 Å². The molecule has 2 amide bonds. The number of hydrogen-bond donors (Lipinski definition) is 3. The molecule has 2 rings (SSSR count). The van der Waals surface area contributed by atoms with Crippen LogP contribution in [0.15, 0.2) is 41.0 Å². The Morgan fingerprint density at radius 2 is 2.04 bits per heavy atom. The van der Waals surface area contributed by atoms with Gasteiger partial charge in [0.25, 0.3) is 5.91 Å². The van der Waals surface area contributed by atoms with Crippen LogP contribution in [0.2, 0.25) is 0 Å². The Balaban J connectivity index is 2.15. The van der Waals surface area contributed by atoms with E-state index in [-0.39, 0.29) is 24.0 Å². The Labute approximate surface area is 149 Å². The SMILES string of the molecule is NC(=O)C(CCC=O)NC(=O)c1cc(NCc2ccco2)ccc1C=O. The first-order valence-corrected chi connectivity index (χ1v) is 7.94. The van der Waals surface area contributed by atoms with E-state index in [1.165, 1.54) is 12.1 Å². The molecule has 0 aliphatic heterocycles. The minimum Gasteiger partial charge on any atom is -0.467 e.